The van der Waals surface area contributed by atoms with E-state index in [1.165, 1.54) is 23.9 Å². The highest BCUT2D eigenvalue weighted by Gasteiger charge is 2.39. The van der Waals surface area contributed by atoms with E-state index in [-0.39, 0.29) is 23.1 Å². The first kappa shape index (κ1) is 19.2. The number of anilines is 1. The largest absolute Gasteiger partial charge is 0.325 e. The third-order valence-corrected chi connectivity index (χ3v) is 6.02. The molecule has 1 spiro atoms. The molecular weight excluding hydrogens is 397 g/mol. The molecule has 1 N–H and O–H groups in total. The van der Waals surface area contributed by atoms with Crippen LogP contribution >= 0.6 is 23.4 Å². The number of carbonyl (C=O) groups is 1. The number of nitrogens with one attached hydrogen (secondary N) is 1. The van der Waals surface area contributed by atoms with Crippen molar-refractivity contribution in [1.29, 1.82) is 0 Å². The summed E-state index contributed by atoms with van der Waals surface area (Å²) >= 11 is 7.38. The van der Waals surface area contributed by atoms with Crippen molar-refractivity contribution in [2.45, 2.75) is 31.3 Å². The monoisotopic (exact) mass is 415 g/mol. The zero-order valence-corrected chi connectivity index (χ0v) is 16.7. The van der Waals surface area contributed by atoms with Gasteiger partial charge in [0.1, 0.15) is 10.9 Å². The van der Waals surface area contributed by atoms with E-state index in [1.54, 1.807) is 12.1 Å². The van der Waals surface area contributed by atoms with Gasteiger partial charge in [-0.25, -0.2) is 9.38 Å². The highest BCUT2D eigenvalue weighted by molar-refractivity contribution is 8.16. The second-order valence-corrected chi connectivity index (χ2v) is 8.32. The Morgan fingerprint density at radius 1 is 1.14 bits per heavy atom. The third kappa shape index (κ3) is 4.28. The van der Waals surface area contributed by atoms with Crippen LogP contribution in [-0.2, 0) is 4.79 Å². The average Bonchev–Trinajstić information content (AvgIpc) is 3.28. The van der Waals surface area contributed by atoms with Crippen LogP contribution in [0.1, 0.15) is 31.2 Å². The summed E-state index contributed by atoms with van der Waals surface area (Å²) in [5.41, 5.74) is 1.83. The number of benzene rings is 2. The van der Waals surface area contributed by atoms with E-state index in [4.69, 9.17) is 21.6 Å². The smallest absolute Gasteiger partial charge is 0.234 e. The van der Waals surface area contributed by atoms with Gasteiger partial charge in [-0.15, -0.1) is 0 Å². The molecule has 2 aliphatic rings. The second kappa shape index (κ2) is 8.05. The molecule has 1 saturated carbocycles. The summed E-state index contributed by atoms with van der Waals surface area (Å²) in [6.45, 7) is 0. The highest BCUT2D eigenvalue weighted by Crippen LogP contribution is 2.40. The molecule has 0 bridgehead atoms. The van der Waals surface area contributed by atoms with Crippen LogP contribution < -0.4 is 5.32 Å². The maximum atomic E-state index is 13.3. The Bertz CT molecular complexity index is 952. The molecule has 1 amide bonds. The van der Waals surface area contributed by atoms with Crippen molar-refractivity contribution < 1.29 is 9.18 Å². The molecule has 0 unspecified atom stereocenters. The number of thioether (sulfide) groups is 1. The number of aliphatic imine (C=N–C) groups is 2. The molecule has 1 fully saturated rings. The summed E-state index contributed by atoms with van der Waals surface area (Å²) in [6, 6.07) is 13.4. The Labute approximate surface area is 172 Å². The van der Waals surface area contributed by atoms with Crippen LogP contribution in [0.2, 0.25) is 5.02 Å². The molecule has 0 saturated heterocycles. The number of halogens is 2. The zero-order valence-electron chi connectivity index (χ0n) is 15.1. The number of hydrogen-bond donors (Lipinski definition) is 1. The quantitative estimate of drug-likeness (QED) is 0.734. The Hall–Kier alpha value is -2.18. The molecule has 28 heavy (non-hydrogen) atoms. The maximum Gasteiger partial charge on any atom is 0.234 e. The summed E-state index contributed by atoms with van der Waals surface area (Å²) in [6.07, 6.45) is 4.09. The SMILES string of the molecule is O=C(CSC1=NC2(CCCC2)N=C1c1ccc(Cl)cc1)Nc1cccc(F)c1. The Kier molecular flexibility index (Phi) is 5.51. The van der Waals surface area contributed by atoms with Crippen LogP contribution in [0.25, 0.3) is 0 Å². The van der Waals surface area contributed by atoms with Crippen LogP contribution in [0.3, 0.4) is 0 Å². The standard InChI is InChI=1S/C21H19ClFN3OS/c22-15-8-6-14(7-9-15)19-20(26-21(25-19)10-1-2-11-21)28-13-18(27)24-17-5-3-4-16(23)12-17/h3-9,12H,1-2,10-11,13H2,(H,24,27). The minimum Gasteiger partial charge on any atom is -0.325 e. The minimum atomic E-state index is -0.383. The molecule has 1 aliphatic carbocycles. The number of nitrogens with zero attached hydrogens (tertiary/aromatic N) is 2. The normalized spacial score (nSPS) is 17.5. The molecule has 144 valence electrons. The van der Waals surface area contributed by atoms with E-state index in [0.717, 1.165) is 42.0 Å². The van der Waals surface area contributed by atoms with E-state index >= 15 is 0 Å². The summed E-state index contributed by atoms with van der Waals surface area (Å²) in [5.74, 6) is -0.412. The summed E-state index contributed by atoms with van der Waals surface area (Å²) in [7, 11) is 0. The van der Waals surface area contributed by atoms with Gasteiger partial charge >= 0.3 is 0 Å². The summed E-state index contributed by atoms with van der Waals surface area (Å²) < 4.78 is 13.3. The van der Waals surface area contributed by atoms with E-state index < -0.39 is 0 Å². The van der Waals surface area contributed by atoms with Gasteiger partial charge in [0.05, 0.1) is 11.5 Å². The van der Waals surface area contributed by atoms with Crippen molar-refractivity contribution in [2.75, 3.05) is 11.1 Å². The Morgan fingerprint density at radius 3 is 2.61 bits per heavy atom. The maximum absolute atomic E-state index is 13.3. The number of rotatable bonds is 4. The fraction of sp³-hybridized carbons (Fsp3) is 0.286. The zero-order chi connectivity index (χ0) is 19.6. The van der Waals surface area contributed by atoms with Gasteiger partial charge in [0.15, 0.2) is 5.66 Å². The molecule has 2 aromatic rings. The van der Waals surface area contributed by atoms with Crippen molar-refractivity contribution in [3.8, 4) is 0 Å². The van der Waals surface area contributed by atoms with Gasteiger partial charge in [-0.1, -0.05) is 41.6 Å². The average molecular weight is 416 g/mol. The van der Waals surface area contributed by atoms with E-state index in [1.807, 2.05) is 24.3 Å². The van der Waals surface area contributed by atoms with Crippen LogP contribution in [0.4, 0.5) is 10.1 Å². The lowest BCUT2D eigenvalue weighted by Crippen LogP contribution is -2.17. The van der Waals surface area contributed by atoms with Gasteiger partial charge in [-0.2, -0.15) is 0 Å². The van der Waals surface area contributed by atoms with Crippen molar-refractivity contribution in [3.05, 3.63) is 64.9 Å². The van der Waals surface area contributed by atoms with Gasteiger partial charge in [0, 0.05) is 16.3 Å². The molecule has 0 aromatic heterocycles. The van der Waals surface area contributed by atoms with E-state index in [2.05, 4.69) is 5.32 Å². The van der Waals surface area contributed by atoms with Crippen molar-refractivity contribution in [3.63, 3.8) is 0 Å². The first-order valence-corrected chi connectivity index (χ1v) is 10.5. The van der Waals surface area contributed by atoms with E-state index in [9.17, 15) is 9.18 Å². The molecule has 2 aromatic carbocycles. The summed E-state index contributed by atoms with van der Waals surface area (Å²) in [4.78, 5) is 22.2. The molecule has 1 heterocycles. The predicted molar refractivity (Wildman–Crippen MR) is 114 cm³/mol. The Balaban J connectivity index is 1.49. The highest BCUT2D eigenvalue weighted by atomic mass is 35.5. The lowest BCUT2D eigenvalue weighted by molar-refractivity contribution is -0.113. The van der Waals surface area contributed by atoms with E-state index in [0.29, 0.717) is 10.7 Å². The Morgan fingerprint density at radius 2 is 1.89 bits per heavy atom. The van der Waals surface area contributed by atoms with Crippen LogP contribution in [-0.4, -0.2) is 28.1 Å². The topological polar surface area (TPSA) is 53.8 Å². The van der Waals surface area contributed by atoms with Crippen LogP contribution in [0, 0.1) is 5.82 Å². The molecule has 7 heteroatoms. The second-order valence-electron chi connectivity index (χ2n) is 6.92. The molecule has 1 aliphatic heterocycles. The van der Waals surface area contributed by atoms with Crippen molar-refractivity contribution >= 4 is 45.7 Å². The van der Waals surface area contributed by atoms with Gasteiger partial charge < -0.3 is 5.32 Å². The molecule has 0 atom stereocenters. The summed E-state index contributed by atoms with van der Waals surface area (Å²) in [5, 5.41) is 4.16. The molecule has 4 nitrogen and oxygen atoms in total. The van der Waals surface area contributed by atoms with Crippen molar-refractivity contribution in [1.82, 2.24) is 0 Å². The number of hydrogen-bond acceptors (Lipinski definition) is 4. The lowest BCUT2D eigenvalue weighted by Gasteiger charge is -2.14. The van der Waals surface area contributed by atoms with Gasteiger partial charge in [0.2, 0.25) is 5.91 Å². The number of carbonyl (C=O) groups excluding carboxylic acids is 1. The third-order valence-electron chi connectivity index (χ3n) is 4.80. The lowest BCUT2D eigenvalue weighted by atomic mass is 10.1. The van der Waals surface area contributed by atoms with Gasteiger partial charge in [-0.3, -0.25) is 9.79 Å². The molecule has 0 radical (unpaired) electrons. The van der Waals surface area contributed by atoms with Crippen LogP contribution in [0.15, 0.2) is 58.5 Å². The first-order chi connectivity index (χ1) is 13.5. The first-order valence-electron chi connectivity index (χ1n) is 9.17. The fourth-order valence-electron chi connectivity index (χ4n) is 3.48. The van der Waals surface area contributed by atoms with Crippen molar-refractivity contribution in [2.24, 2.45) is 9.98 Å². The fourth-order valence-corrected chi connectivity index (χ4v) is 4.48. The van der Waals surface area contributed by atoms with Gasteiger partial charge in [0.25, 0.3) is 0 Å². The molecular formula is C21H19ClFN3OS. The van der Waals surface area contributed by atoms with Crippen LogP contribution in [0.5, 0.6) is 0 Å². The van der Waals surface area contributed by atoms with Gasteiger partial charge in [-0.05, 0) is 56.0 Å². The number of amides is 1. The minimum absolute atomic E-state index is 0.179. The predicted octanol–water partition coefficient (Wildman–Crippen LogP) is 5.32. The molecule has 4 rings (SSSR count).